The predicted molar refractivity (Wildman–Crippen MR) is 114 cm³/mol. The number of carbonyl (C=O) groups excluding carboxylic acids is 1. The minimum atomic E-state index is -0.401. The third-order valence-corrected chi connectivity index (χ3v) is 6.19. The van der Waals surface area contributed by atoms with E-state index < -0.39 is 5.91 Å². The summed E-state index contributed by atoms with van der Waals surface area (Å²) in [7, 11) is 1.61. The second kappa shape index (κ2) is 7.64. The molecule has 1 aromatic rings. The zero-order chi connectivity index (χ0) is 20.7. The first kappa shape index (κ1) is 19.6. The van der Waals surface area contributed by atoms with E-state index in [1.165, 1.54) is 16.7 Å². The number of hydrogen-bond acceptors (Lipinski definition) is 8. The Morgan fingerprint density at radius 3 is 2.93 bits per heavy atom. The number of amides is 1. The van der Waals surface area contributed by atoms with Gasteiger partial charge >= 0.3 is 0 Å². The zero-order valence-electron chi connectivity index (χ0n) is 15.8. The van der Waals surface area contributed by atoms with Crippen molar-refractivity contribution in [2.75, 3.05) is 7.11 Å². The lowest BCUT2D eigenvalue weighted by Crippen LogP contribution is -2.22. The molecule has 0 radical (unpaired) electrons. The number of nitrogens with two attached hydrogens (primary N) is 2. The Labute approximate surface area is 179 Å². The maximum Gasteiger partial charge on any atom is 0.221 e. The maximum atomic E-state index is 11.5. The van der Waals surface area contributed by atoms with Crippen LogP contribution < -0.4 is 16.2 Å². The molecule has 1 aromatic heterocycles. The Morgan fingerprint density at radius 2 is 2.21 bits per heavy atom. The molecule has 9 nitrogen and oxygen atoms in total. The van der Waals surface area contributed by atoms with Gasteiger partial charge in [0.1, 0.15) is 18.0 Å². The standard InChI is InChI=1S/C18H18BrN7O2S/c1-8-5-22-12(15(19)17(8)28-2)6-26-23-11-3-9(4-13(20)27)10-7-29-25-18(21)16(24-26)14(10)11/h3,5H,4,6-7H2,1-2H3,(H2,20,27)(H2,21,25). The highest BCUT2D eigenvalue weighted by Crippen LogP contribution is 2.38. The lowest BCUT2D eigenvalue weighted by atomic mass is 10.1. The largest absolute Gasteiger partial charge is 0.495 e. The van der Waals surface area contributed by atoms with Crippen LogP contribution in [0.4, 0.5) is 0 Å². The average Bonchev–Trinajstić information content (AvgIpc) is 2.90. The smallest absolute Gasteiger partial charge is 0.221 e. The van der Waals surface area contributed by atoms with Crippen molar-refractivity contribution in [1.82, 2.24) is 20.0 Å². The quantitative estimate of drug-likeness (QED) is 0.537. The Kier molecular flexibility index (Phi) is 5.17. The molecule has 0 aromatic carbocycles. The lowest BCUT2D eigenvalue weighted by Gasteiger charge is -2.14. The van der Waals surface area contributed by atoms with Crippen LogP contribution in [0.1, 0.15) is 28.1 Å². The van der Waals surface area contributed by atoms with Crippen molar-refractivity contribution in [1.29, 1.82) is 0 Å². The summed E-state index contributed by atoms with van der Waals surface area (Å²) in [5.74, 6) is 1.21. The fourth-order valence-corrected chi connectivity index (χ4v) is 4.80. The van der Waals surface area contributed by atoms with E-state index in [4.69, 9.17) is 16.2 Å². The monoisotopic (exact) mass is 475 g/mol. The highest BCUT2D eigenvalue weighted by molar-refractivity contribution is 9.10. The van der Waals surface area contributed by atoms with Gasteiger partial charge in [0.25, 0.3) is 0 Å². The average molecular weight is 476 g/mol. The molecule has 0 saturated carbocycles. The van der Waals surface area contributed by atoms with Crippen LogP contribution in [0.3, 0.4) is 0 Å². The molecule has 2 aliphatic heterocycles. The number of primary amides is 1. The Hall–Kier alpha value is -2.66. The SMILES string of the molecule is COc1c(C)cnc(Cn2nc3cc(CC(N)=O)c4c-3c(n2)C(N)=NSC4)c1Br. The molecule has 0 fully saturated rings. The number of halogens is 1. The van der Waals surface area contributed by atoms with Crippen molar-refractivity contribution >= 4 is 39.6 Å². The summed E-state index contributed by atoms with van der Waals surface area (Å²) in [5, 5.41) is 9.23. The normalized spacial score (nSPS) is 13.3. The van der Waals surface area contributed by atoms with E-state index in [1.54, 1.807) is 13.3 Å². The molecule has 29 heavy (non-hydrogen) atoms. The summed E-state index contributed by atoms with van der Waals surface area (Å²) in [6, 6.07) is 1.87. The van der Waals surface area contributed by atoms with Gasteiger partial charge < -0.3 is 16.2 Å². The Bertz CT molecular complexity index is 1130. The Balaban J connectivity index is 1.84. The number of hydrogen-bond donors (Lipinski definition) is 2. The molecular formula is C18H18BrN7O2S. The van der Waals surface area contributed by atoms with Crippen LogP contribution in [0.2, 0.25) is 0 Å². The predicted octanol–water partition coefficient (Wildman–Crippen LogP) is 1.80. The summed E-state index contributed by atoms with van der Waals surface area (Å²) >= 11 is 4.87. The van der Waals surface area contributed by atoms with Gasteiger partial charge in [0, 0.05) is 23.1 Å². The summed E-state index contributed by atoms with van der Waals surface area (Å²) in [4.78, 5) is 17.5. The number of aromatic nitrogens is 4. The topological polar surface area (TPSA) is 134 Å². The molecule has 0 spiro atoms. The van der Waals surface area contributed by atoms with Gasteiger partial charge in [0.2, 0.25) is 5.91 Å². The highest BCUT2D eigenvalue weighted by Gasteiger charge is 2.27. The van der Waals surface area contributed by atoms with E-state index in [9.17, 15) is 4.79 Å². The molecule has 150 valence electrons. The van der Waals surface area contributed by atoms with Crippen molar-refractivity contribution in [3.05, 3.63) is 44.8 Å². The minimum absolute atomic E-state index is 0.133. The molecule has 1 aliphatic carbocycles. The van der Waals surface area contributed by atoms with Crippen molar-refractivity contribution in [3.63, 3.8) is 0 Å². The molecule has 0 saturated heterocycles. The molecule has 0 unspecified atom stereocenters. The molecule has 1 amide bonds. The third-order valence-electron chi connectivity index (χ3n) is 4.63. The third kappa shape index (κ3) is 3.55. The van der Waals surface area contributed by atoms with Gasteiger partial charge in [-0.1, -0.05) is 0 Å². The first-order chi connectivity index (χ1) is 13.9. The highest BCUT2D eigenvalue weighted by atomic mass is 79.9. The second-order valence-electron chi connectivity index (χ2n) is 6.62. The van der Waals surface area contributed by atoms with E-state index in [0.717, 1.165) is 26.7 Å². The van der Waals surface area contributed by atoms with Crippen molar-refractivity contribution in [3.8, 4) is 17.0 Å². The summed E-state index contributed by atoms with van der Waals surface area (Å²) in [6.45, 7) is 2.22. The van der Waals surface area contributed by atoms with E-state index in [2.05, 4.69) is 35.5 Å². The molecule has 0 atom stereocenters. The van der Waals surface area contributed by atoms with Crippen LogP contribution in [0.5, 0.6) is 5.75 Å². The zero-order valence-corrected chi connectivity index (χ0v) is 18.2. The van der Waals surface area contributed by atoms with E-state index >= 15 is 0 Å². The van der Waals surface area contributed by atoms with Crippen LogP contribution in [0.25, 0.3) is 11.3 Å². The van der Waals surface area contributed by atoms with Gasteiger partial charge in [-0.2, -0.15) is 19.4 Å². The first-order valence-corrected chi connectivity index (χ1v) is 10.4. The van der Waals surface area contributed by atoms with E-state index in [-0.39, 0.29) is 6.42 Å². The summed E-state index contributed by atoms with van der Waals surface area (Å²) < 4.78 is 10.5. The fraction of sp³-hybridized carbons (Fsp3) is 0.278. The number of amidine groups is 1. The summed E-state index contributed by atoms with van der Waals surface area (Å²) in [5.41, 5.74) is 17.0. The number of rotatable bonds is 5. The number of nitrogens with zero attached hydrogens (tertiary/aromatic N) is 5. The van der Waals surface area contributed by atoms with Crippen molar-refractivity contribution < 1.29 is 9.53 Å². The van der Waals surface area contributed by atoms with Crippen LogP contribution >= 0.6 is 27.9 Å². The number of carbonyl (C=O) groups is 1. The van der Waals surface area contributed by atoms with Crippen LogP contribution in [-0.4, -0.2) is 38.8 Å². The molecule has 3 aliphatic rings. The molecule has 0 bridgehead atoms. The second-order valence-corrected chi connectivity index (χ2v) is 8.14. The molecular weight excluding hydrogens is 458 g/mol. The van der Waals surface area contributed by atoms with Gasteiger partial charge in [0.05, 0.1) is 29.4 Å². The van der Waals surface area contributed by atoms with Gasteiger partial charge in [0.15, 0.2) is 5.84 Å². The van der Waals surface area contributed by atoms with E-state index in [0.29, 0.717) is 41.0 Å². The molecule has 3 heterocycles. The van der Waals surface area contributed by atoms with Gasteiger partial charge in [-0.15, -0.1) is 0 Å². The van der Waals surface area contributed by atoms with Gasteiger partial charge in [-0.05, 0) is 52.0 Å². The first-order valence-electron chi connectivity index (χ1n) is 8.70. The van der Waals surface area contributed by atoms with E-state index in [1.807, 2.05) is 13.0 Å². The minimum Gasteiger partial charge on any atom is -0.495 e. The Morgan fingerprint density at radius 1 is 1.41 bits per heavy atom. The van der Waals surface area contributed by atoms with Crippen LogP contribution in [0.15, 0.2) is 21.1 Å². The van der Waals surface area contributed by atoms with Crippen molar-refractivity contribution in [2.45, 2.75) is 25.6 Å². The molecule has 4 N–H and O–H groups in total. The maximum absolute atomic E-state index is 11.5. The van der Waals surface area contributed by atoms with Crippen LogP contribution in [-0.2, 0) is 23.5 Å². The van der Waals surface area contributed by atoms with Gasteiger partial charge in [-0.3, -0.25) is 9.78 Å². The van der Waals surface area contributed by atoms with Crippen molar-refractivity contribution in [2.24, 2.45) is 15.9 Å². The summed E-state index contributed by atoms with van der Waals surface area (Å²) in [6.07, 6.45) is 1.87. The number of ether oxygens (including phenoxy) is 1. The number of methoxy groups -OCH3 is 1. The van der Waals surface area contributed by atoms with Gasteiger partial charge in [-0.25, -0.2) is 0 Å². The lowest BCUT2D eigenvalue weighted by molar-refractivity contribution is -0.117. The fourth-order valence-electron chi connectivity index (χ4n) is 3.35. The van der Waals surface area contributed by atoms with Crippen LogP contribution in [0, 0.1) is 6.92 Å². The molecule has 4 rings (SSSR count). The number of pyridine rings is 1. The molecule has 11 heteroatoms. The number of aryl methyl sites for hydroxylation is 1.